The number of carbonyl (C=O) groups is 1. The zero-order valence-corrected chi connectivity index (χ0v) is 23.3. The summed E-state index contributed by atoms with van der Waals surface area (Å²) in [6.45, 7) is 5.01. The lowest BCUT2D eigenvalue weighted by Crippen LogP contribution is -2.56. The summed E-state index contributed by atoms with van der Waals surface area (Å²) < 4.78 is 101. The van der Waals surface area contributed by atoms with Gasteiger partial charge in [0.1, 0.15) is 5.82 Å². The average Bonchev–Trinajstić information content (AvgIpc) is 3.26. The van der Waals surface area contributed by atoms with Crippen molar-refractivity contribution in [1.29, 1.82) is 0 Å². The van der Waals surface area contributed by atoms with Gasteiger partial charge in [-0.3, -0.25) is 9.69 Å². The van der Waals surface area contributed by atoms with Crippen molar-refractivity contribution in [1.82, 2.24) is 9.80 Å². The zero-order chi connectivity index (χ0) is 30.6. The Labute approximate surface area is 239 Å². The van der Waals surface area contributed by atoms with E-state index in [-0.39, 0.29) is 41.7 Å². The SMILES string of the molecule is C[C@@H](O[C@H]1CN2C(=O)CC(N3CCC(C)(N)CC3)C[C@H]2[C@@H]1c1ccc(F)cc1)c1cc(C(F)(F)F)cc(C(F)(F)F)c1. The normalized spacial score (nSPS) is 27.7. The van der Waals surface area contributed by atoms with Crippen LogP contribution in [0, 0.1) is 5.82 Å². The van der Waals surface area contributed by atoms with Gasteiger partial charge < -0.3 is 15.4 Å². The highest BCUT2D eigenvalue weighted by molar-refractivity contribution is 5.79. The first-order chi connectivity index (χ1) is 19.5. The van der Waals surface area contributed by atoms with E-state index in [4.69, 9.17) is 10.5 Å². The average molecular weight is 602 g/mol. The number of hydrogen-bond acceptors (Lipinski definition) is 4. The molecule has 12 heteroatoms. The lowest BCUT2D eigenvalue weighted by molar-refractivity contribution is -0.143. The van der Waals surface area contributed by atoms with E-state index in [0.717, 1.165) is 25.9 Å². The van der Waals surface area contributed by atoms with Gasteiger partial charge in [-0.15, -0.1) is 0 Å². The van der Waals surface area contributed by atoms with Crippen LogP contribution in [0.25, 0.3) is 0 Å². The van der Waals surface area contributed by atoms with E-state index in [0.29, 0.717) is 30.5 Å². The van der Waals surface area contributed by atoms with Gasteiger partial charge in [0, 0.05) is 49.6 Å². The molecule has 3 fully saturated rings. The molecule has 0 radical (unpaired) electrons. The van der Waals surface area contributed by atoms with E-state index in [2.05, 4.69) is 4.90 Å². The van der Waals surface area contributed by atoms with E-state index in [1.54, 1.807) is 17.0 Å². The van der Waals surface area contributed by atoms with E-state index in [1.165, 1.54) is 19.1 Å². The monoisotopic (exact) mass is 601 g/mol. The first-order valence-electron chi connectivity index (χ1n) is 14.0. The molecule has 5 atom stereocenters. The topological polar surface area (TPSA) is 58.8 Å². The van der Waals surface area contributed by atoms with Gasteiger partial charge in [-0.2, -0.15) is 26.3 Å². The summed E-state index contributed by atoms with van der Waals surface area (Å²) >= 11 is 0. The fourth-order valence-electron chi connectivity index (χ4n) is 6.61. The van der Waals surface area contributed by atoms with Crippen molar-refractivity contribution in [3.05, 3.63) is 70.5 Å². The van der Waals surface area contributed by atoms with Crippen molar-refractivity contribution in [3.63, 3.8) is 0 Å². The van der Waals surface area contributed by atoms with E-state index in [9.17, 15) is 35.5 Å². The molecule has 5 rings (SSSR count). The number of fused-ring (bicyclic) bond motifs is 1. The summed E-state index contributed by atoms with van der Waals surface area (Å²) in [4.78, 5) is 17.4. The molecule has 5 nitrogen and oxygen atoms in total. The minimum absolute atomic E-state index is 0.0493. The van der Waals surface area contributed by atoms with Crippen LogP contribution in [0.15, 0.2) is 42.5 Å². The Hall–Kier alpha value is -2.70. The van der Waals surface area contributed by atoms with Crippen LogP contribution in [-0.2, 0) is 21.9 Å². The summed E-state index contributed by atoms with van der Waals surface area (Å²) in [5.41, 5.74) is 3.59. The maximum atomic E-state index is 13.8. The van der Waals surface area contributed by atoms with Crippen molar-refractivity contribution in [2.45, 2.75) is 87.6 Å². The minimum atomic E-state index is -4.99. The third-order valence-corrected chi connectivity index (χ3v) is 9.01. The molecule has 1 unspecified atom stereocenters. The second kappa shape index (κ2) is 11.1. The Morgan fingerprint density at radius 3 is 2.10 bits per heavy atom. The summed E-state index contributed by atoms with van der Waals surface area (Å²) in [6, 6.07) is 6.78. The van der Waals surface area contributed by atoms with Crippen LogP contribution in [0.4, 0.5) is 30.7 Å². The van der Waals surface area contributed by atoms with Gasteiger partial charge in [-0.25, -0.2) is 4.39 Å². The van der Waals surface area contributed by atoms with Crippen molar-refractivity contribution in [2.75, 3.05) is 19.6 Å². The minimum Gasteiger partial charge on any atom is -0.368 e. The zero-order valence-electron chi connectivity index (χ0n) is 23.3. The van der Waals surface area contributed by atoms with Crippen LogP contribution in [-0.4, -0.2) is 59.1 Å². The molecule has 3 heterocycles. The lowest BCUT2D eigenvalue weighted by atomic mass is 9.82. The van der Waals surface area contributed by atoms with Crippen molar-refractivity contribution < 1.29 is 40.3 Å². The molecule has 0 bridgehead atoms. The molecule has 0 aliphatic carbocycles. The van der Waals surface area contributed by atoms with Crippen LogP contribution in [0.3, 0.4) is 0 Å². The van der Waals surface area contributed by atoms with Gasteiger partial charge in [-0.1, -0.05) is 12.1 Å². The molecule has 1 amide bonds. The number of likely N-dealkylation sites (tertiary alicyclic amines) is 1. The van der Waals surface area contributed by atoms with Gasteiger partial charge >= 0.3 is 12.4 Å². The van der Waals surface area contributed by atoms with Crippen LogP contribution in [0.1, 0.15) is 73.8 Å². The van der Waals surface area contributed by atoms with E-state index < -0.39 is 47.4 Å². The molecule has 3 saturated heterocycles. The maximum Gasteiger partial charge on any atom is 0.416 e. The molecule has 42 heavy (non-hydrogen) atoms. The summed E-state index contributed by atoms with van der Waals surface area (Å²) in [7, 11) is 0. The van der Waals surface area contributed by atoms with Gasteiger partial charge in [0.25, 0.3) is 0 Å². The quantitative estimate of drug-likeness (QED) is 0.410. The number of amides is 1. The van der Waals surface area contributed by atoms with E-state index in [1.807, 2.05) is 6.92 Å². The highest BCUT2D eigenvalue weighted by Gasteiger charge is 2.50. The summed E-state index contributed by atoms with van der Waals surface area (Å²) in [6.07, 6.45) is -9.41. The van der Waals surface area contributed by atoms with Gasteiger partial charge in [0.05, 0.1) is 23.3 Å². The van der Waals surface area contributed by atoms with Gasteiger partial charge in [-0.05, 0) is 74.6 Å². The number of nitrogens with two attached hydrogens (primary N) is 1. The number of ether oxygens (including phenoxy) is 1. The molecule has 230 valence electrons. The first-order valence-corrected chi connectivity index (χ1v) is 14.0. The first kappa shape index (κ1) is 30.7. The number of piperidine rings is 2. The lowest BCUT2D eigenvalue weighted by Gasteiger charge is -2.45. The Bertz CT molecular complexity index is 1250. The smallest absolute Gasteiger partial charge is 0.368 e. The van der Waals surface area contributed by atoms with Crippen molar-refractivity contribution in [3.8, 4) is 0 Å². The Morgan fingerprint density at radius 1 is 0.976 bits per heavy atom. The van der Waals surface area contributed by atoms with Gasteiger partial charge in [0.2, 0.25) is 5.91 Å². The fourth-order valence-corrected chi connectivity index (χ4v) is 6.61. The van der Waals surface area contributed by atoms with Gasteiger partial charge in [0.15, 0.2) is 0 Å². The highest BCUT2D eigenvalue weighted by Crippen LogP contribution is 2.45. The second-order valence-corrected chi connectivity index (χ2v) is 12.1. The van der Waals surface area contributed by atoms with Crippen LogP contribution in [0.5, 0.6) is 0 Å². The molecule has 0 saturated carbocycles. The molecule has 3 aliphatic heterocycles. The van der Waals surface area contributed by atoms with Crippen LogP contribution >= 0.6 is 0 Å². The number of nitrogens with zero attached hydrogens (tertiary/aromatic N) is 2. The number of carbonyl (C=O) groups excluding carboxylic acids is 1. The fraction of sp³-hybridized carbons (Fsp3) is 0.567. The number of rotatable bonds is 5. The third-order valence-electron chi connectivity index (χ3n) is 9.01. The van der Waals surface area contributed by atoms with Crippen molar-refractivity contribution in [2.24, 2.45) is 5.73 Å². The standard InChI is InChI=1S/C30H34F7N3O2/c1-17(19-11-20(29(32,33)34)13-21(12-19)30(35,36)37)42-25-16-40-24(27(25)18-3-5-22(31)6-4-18)14-23(15-26(40)41)39-9-7-28(2,38)8-10-39/h3-6,11-13,17,23-25,27H,7-10,14-16,38H2,1-2H3/t17-,23?,24+,25+,27+/m1/s1. The van der Waals surface area contributed by atoms with Crippen LogP contribution < -0.4 is 5.73 Å². The number of benzene rings is 2. The predicted molar refractivity (Wildman–Crippen MR) is 141 cm³/mol. The molecule has 0 spiro atoms. The number of halogens is 7. The molecule has 2 aromatic rings. The predicted octanol–water partition coefficient (Wildman–Crippen LogP) is 6.28. The number of alkyl halides is 6. The highest BCUT2D eigenvalue weighted by atomic mass is 19.4. The molecule has 3 aliphatic rings. The second-order valence-electron chi connectivity index (χ2n) is 12.1. The third kappa shape index (κ3) is 6.45. The molecule has 0 aromatic heterocycles. The van der Waals surface area contributed by atoms with E-state index >= 15 is 0 Å². The Morgan fingerprint density at radius 2 is 1.55 bits per heavy atom. The molecule has 2 aromatic carbocycles. The molecular formula is C30H34F7N3O2. The number of hydrogen-bond donors (Lipinski definition) is 1. The summed E-state index contributed by atoms with van der Waals surface area (Å²) in [5.74, 6) is -1.02. The van der Waals surface area contributed by atoms with Crippen molar-refractivity contribution >= 4 is 5.91 Å². The Kier molecular flexibility index (Phi) is 8.12. The van der Waals surface area contributed by atoms with Crippen LogP contribution in [0.2, 0.25) is 0 Å². The Balaban J connectivity index is 1.44. The largest absolute Gasteiger partial charge is 0.416 e. The molecular weight excluding hydrogens is 567 g/mol. The molecule has 2 N–H and O–H groups in total. The maximum absolute atomic E-state index is 13.8. The summed E-state index contributed by atoms with van der Waals surface area (Å²) in [5, 5.41) is 0.